The number of benzene rings is 1. The van der Waals surface area contributed by atoms with Gasteiger partial charge in [0.25, 0.3) is 5.91 Å². The van der Waals surface area contributed by atoms with Gasteiger partial charge in [0.1, 0.15) is 18.1 Å². The molecule has 0 aliphatic rings. The maximum Gasteiger partial charge on any atom is 0.387 e. The predicted octanol–water partition coefficient (Wildman–Crippen LogP) is 1.82. The number of carbonyl (C=O) groups is 1. The second-order valence-electron chi connectivity index (χ2n) is 4.38. The number of hydrogen-bond acceptors (Lipinski definition) is 5. The average Bonchev–Trinajstić information content (AvgIpc) is 2.96. The lowest BCUT2D eigenvalue weighted by atomic mass is 10.2. The average molecular weight is 326 g/mol. The van der Waals surface area contributed by atoms with Gasteiger partial charge in [-0.25, -0.2) is 0 Å². The molecule has 2 aromatic rings. The third kappa shape index (κ3) is 4.73. The van der Waals surface area contributed by atoms with E-state index >= 15 is 0 Å². The Bertz CT molecular complexity index is 688. The first-order chi connectivity index (χ1) is 11.0. The summed E-state index contributed by atoms with van der Waals surface area (Å²) < 4.78 is 29.5. The molecule has 0 aliphatic carbocycles. The van der Waals surface area contributed by atoms with Gasteiger partial charge in [-0.05, 0) is 24.3 Å². The van der Waals surface area contributed by atoms with Gasteiger partial charge in [0.05, 0.1) is 11.5 Å². The molecule has 1 aromatic carbocycles. The normalized spacial score (nSPS) is 10.6. The lowest BCUT2D eigenvalue weighted by molar-refractivity contribution is -0.385. The van der Waals surface area contributed by atoms with Gasteiger partial charge in [-0.2, -0.15) is 13.9 Å². The first-order valence-corrected chi connectivity index (χ1v) is 6.45. The van der Waals surface area contributed by atoms with Gasteiger partial charge in [0.2, 0.25) is 0 Å². The largest absolute Gasteiger partial charge is 0.435 e. The van der Waals surface area contributed by atoms with E-state index in [2.05, 4.69) is 15.2 Å². The summed E-state index contributed by atoms with van der Waals surface area (Å²) in [6, 6.07) is 5.23. The Kier molecular flexibility index (Phi) is 5.18. The third-order valence-electron chi connectivity index (χ3n) is 2.80. The minimum absolute atomic E-state index is 0.0413. The second kappa shape index (κ2) is 7.29. The van der Waals surface area contributed by atoms with E-state index in [0.717, 1.165) is 6.20 Å². The highest BCUT2D eigenvalue weighted by atomic mass is 19.3. The highest BCUT2D eigenvalue weighted by molar-refractivity contribution is 5.94. The van der Waals surface area contributed by atoms with Gasteiger partial charge in [-0.3, -0.25) is 19.6 Å². The summed E-state index contributed by atoms with van der Waals surface area (Å²) in [5.74, 6) is -0.448. The number of aromatic nitrogens is 2. The monoisotopic (exact) mass is 326 g/mol. The predicted molar refractivity (Wildman–Crippen MR) is 74.3 cm³/mol. The quantitative estimate of drug-likeness (QED) is 0.618. The van der Waals surface area contributed by atoms with Crippen LogP contribution in [-0.2, 0) is 6.54 Å². The Hall–Kier alpha value is -3.04. The van der Waals surface area contributed by atoms with Crippen molar-refractivity contribution in [1.29, 1.82) is 0 Å². The Labute approximate surface area is 128 Å². The molecule has 0 bridgehead atoms. The van der Waals surface area contributed by atoms with E-state index < -0.39 is 17.4 Å². The lowest BCUT2D eigenvalue weighted by Gasteiger charge is -2.07. The van der Waals surface area contributed by atoms with Gasteiger partial charge < -0.3 is 10.1 Å². The zero-order valence-corrected chi connectivity index (χ0v) is 11.7. The summed E-state index contributed by atoms with van der Waals surface area (Å²) in [7, 11) is 0. The highest BCUT2D eigenvalue weighted by Gasteiger charge is 2.10. The number of hydrogen-bond donors (Lipinski definition) is 1. The van der Waals surface area contributed by atoms with Gasteiger partial charge >= 0.3 is 12.3 Å². The van der Waals surface area contributed by atoms with Crippen LogP contribution in [0.15, 0.2) is 36.7 Å². The van der Waals surface area contributed by atoms with Crippen molar-refractivity contribution >= 4 is 11.6 Å². The Morgan fingerprint density at radius 1 is 1.39 bits per heavy atom. The summed E-state index contributed by atoms with van der Waals surface area (Å²) in [4.78, 5) is 21.8. The first-order valence-electron chi connectivity index (χ1n) is 6.45. The molecular formula is C13H12F2N4O4. The van der Waals surface area contributed by atoms with Crippen molar-refractivity contribution in [3.05, 3.63) is 52.3 Å². The highest BCUT2D eigenvalue weighted by Crippen LogP contribution is 2.14. The summed E-state index contributed by atoms with van der Waals surface area (Å²) in [6.45, 7) is -2.47. The molecule has 2 rings (SSSR count). The van der Waals surface area contributed by atoms with Crippen LogP contribution in [-0.4, -0.2) is 33.8 Å². The van der Waals surface area contributed by atoms with Crippen LogP contribution in [0.2, 0.25) is 0 Å². The Balaban J connectivity index is 1.83. The van der Waals surface area contributed by atoms with Crippen LogP contribution < -0.4 is 10.1 Å². The Morgan fingerprint density at radius 2 is 2.09 bits per heavy atom. The Morgan fingerprint density at radius 3 is 2.65 bits per heavy atom. The van der Waals surface area contributed by atoms with E-state index in [-0.39, 0.29) is 30.1 Å². The summed E-state index contributed by atoms with van der Waals surface area (Å²) in [6.07, 6.45) is 2.37. The van der Waals surface area contributed by atoms with Gasteiger partial charge in [0.15, 0.2) is 0 Å². The van der Waals surface area contributed by atoms with E-state index in [1.165, 1.54) is 35.1 Å². The van der Waals surface area contributed by atoms with Crippen LogP contribution in [0.4, 0.5) is 14.5 Å². The van der Waals surface area contributed by atoms with Crippen LogP contribution in [0, 0.1) is 10.1 Å². The smallest absolute Gasteiger partial charge is 0.387 e. The van der Waals surface area contributed by atoms with Crippen LogP contribution >= 0.6 is 0 Å². The number of nitrogens with one attached hydrogen (secondary N) is 1. The van der Waals surface area contributed by atoms with Gasteiger partial charge in [-0.15, -0.1) is 0 Å². The molecule has 0 radical (unpaired) electrons. The van der Waals surface area contributed by atoms with Crippen LogP contribution in [0.3, 0.4) is 0 Å². The topological polar surface area (TPSA) is 99.3 Å². The maximum absolute atomic E-state index is 12.0. The number of ether oxygens (including phenoxy) is 1. The van der Waals surface area contributed by atoms with Crippen LogP contribution in [0.1, 0.15) is 10.4 Å². The molecule has 0 unspecified atom stereocenters. The third-order valence-corrected chi connectivity index (χ3v) is 2.80. The van der Waals surface area contributed by atoms with E-state index in [1.807, 2.05) is 0 Å². The number of rotatable bonds is 7. The lowest BCUT2D eigenvalue weighted by Crippen LogP contribution is -2.27. The van der Waals surface area contributed by atoms with Crippen molar-refractivity contribution in [2.24, 2.45) is 0 Å². The molecular weight excluding hydrogens is 314 g/mol. The summed E-state index contributed by atoms with van der Waals surface area (Å²) in [5.41, 5.74) is 0.143. The number of nitrogens with zero attached hydrogens (tertiary/aromatic N) is 3. The van der Waals surface area contributed by atoms with Gasteiger partial charge in [0, 0.05) is 12.1 Å². The molecule has 0 fully saturated rings. The zero-order valence-electron chi connectivity index (χ0n) is 11.7. The van der Waals surface area contributed by atoms with Crippen molar-refractivity contribution in [1.82, 2.24) is 15.1 Å². The van der Waals surface area contributed by atoms with Crippen LogP contribution in [0.25, 0.3) is 0 Å². The maximum atomic E-state index is 12.0. The molecule has 0 saturated carbocycles. The SMILES string of the molecule is O=C(NCCn1cc([N+](=O)[O-])cn1)c1ccc(OC(F)F)cc1. The van der Waals surface area contributed by atoms with Gasteiger partial charge in [-0.1, -0.05) is 0 Å². The van der Waals surface area contributed by atoms with Crippen molar-refractivity contribution < 1.29 is 23.2 Å². The molecule has 1 aromatic heterocycles. The minimum atomic E-state index is -2.92. The molecule has 1 amide bonds. The fourth-order valence-corrected chi connectivity index (χ4v) is 1.74. The number of amides is 1. The number of carbonyl (C=O) groups excluding carboxylic acids is 1. The van der Waals surface area contributed by atoms with E-state index in [4.69, 9.17) is 0 Å². The molecule has 0 spiro atoms. The molecule has 0 saturated heterocycles. The zero-order chi connectivity index (χ0) is 16.8. The minimum Gasteiger partial charge on any atom is -0.435 e. The van der Waals surface area contributed by atoms with E-state index in [9.17, 15) is 23.7 Å². The molecule has 0 atom stereocenters. The molecule has 122 valence electrons. The van der Waals surface area contributed by atoms with E-state index in [0.29, 0.717) is 0 Å². The fraction of sp³-hybridized carbons (Fsp3) is 0.231. The molecule has 8 nitrogen and oxygen atoms in total. The molecule has 1 heterocycles. The summed E-state index contributed by atoms with van der Waals surface area (Å²) >= 11 is 0. The first kappa shape index (κ1) is 16.3. The van der Waals surface area contributed by atoms with Crippen molar-refractivity contribution in [3.63, 3.8) is 0 Å². The molecule has 23 heavy (non-hydrogen) atoms. The summed E-state index contributed by atoms with van der Waals surface area (Å²) in [5, 5.41) is 16.9. The number of alkyl halides is 2. The number of halogens is 2. The second-order valence-corrected chi connectivity index (χ2v) is 4.38. The molecule has 1 N–H and O–H groups in total. The van der Waals surface area contributed by atoms with Crippen molar-refractivity contribution in [2.75, 3.05) is 6.54 Å². The molecule has 10 heteroatoms. The van der Waals surface area contributed by atoms with Crippen molar-refractivity contribution in [3.8, 4) is 5.75 Å². The van der Waals surface area contributed by atoms with E-state index in [1.54, 1.807) is 0 Å². The fourth-order valence-electron chi connectivity index (χ4n) is 1.74. The van der Waals surface area contributed by atoms with Crippen LogP contribution in [0.5, 0.6) is 5.75 Å². The standard InChI is InChI=1S/C13H12F2N4O4/c14-13(15)23-11-3-1-9(2-4-11)12(20)16-5-6-18-8-10(7-17-18)19(21)22/h1-4,7-8,13H,5-6H2,(H,16,20). The van der Waals surface area contributed by atoms with Crippen molar-refractivity contribution in [2.45, 2.75) is 13.2 Å². The molecule has 0 aliphatic heterocycles. The number of nitro groups is 1.